The van der Waals surface area contributed by atoms with Crippen molar-refractivity contribution < 1.29 is 9.15 Å². The first kappa shape index (κ1) is 12.8. The van der Waals surface area contributed by atoms with Gasteiger partial charge in [-0.3, -0.25) is 0 Å². The first-order valence-corrected chi connectivity index (χ1v) is 7.18. The van der Waals surface area contributed by atoms with Crippen LogP contribution in [0, 0.1) is 0 Å². The molecule has 0 amide bonds. The third-order valence-electron chi connectivity index (χ3n) is 3.42. The topological polar surface area (TPSA) is 34.4 Å². The number of halogens is 1. The predicted molar refractivity (Wildman–Crippen MR) is 77.5 cm³/mol. The maximum atomic E-state index is 5.73. The van der Waals surface area contributed by atoms with Gasteiger partial charge in [0.05, 0.1) is 6.04 Å². The molecule has 1 N–H and O–H groups in total. The minimum atomic E-state index is 0.0625. The lowest BCUT2D eigenvalue weighted by atomic mass is 10.0. The molecule has 0 fully saturated rings. The molecule has 0 saturated heterocycles. The highest BCUT2D eigenvalue weighted by molar-refractivity contribution is 9.10. The molecule has 0 bridgehead atoms. The molecule has 0 aliphatic carbocycles. The summed E-state index contributed by atoms with van der Waals surface area (Å²) in [5.74, 6) is 1.91. The standard InChI is InChI=1S/C15H16BrNO2/c1-9-7-11-8-10(3-4-12(11)18-9)15(17-2)13-5-6-14(16)19-13/h3-6,8-9,15,17H,7H2,1-2H3. The Bertz CT molecular complexity index is 594. The van der Waals surface area contributed by atoms with E-state index in [4.69, 9.17) is 9.15 Å². The number of fused-ring (bicyclic) bond motifs is 1. The van der Waals surface area contributed by atoms with Gasteiger partial charge in [-0.15, -0.1) is 0 Å². The van der Waals surface area contributed by atoms with E-state index in [9.17, 15) is 0 Å². The van der Waals surface area contributed by atoms with Crippen molar-refractivity contribution in [1.29, 1.82) is 0 Å². The van der Waals surface area contributed by atoms with E-state index < -0.39 is 0 Å². The molecule has 3 nitrogen and oxygen atoms in total. The van der Waals surface area contributed by atoms with Crippen molar-refractivity contribution in [3.8, 4) is 5.75 Å². The van der Waals surface area contributed by atoms with Gasteiger partial charge < -0.3 is 14.5 Å². The van der Waals surface area contributed by atoms with Crippen LogP contribution in [0.2, 0.25) is 0 Å². The molecule has 1 aliphatic rings. The summed E-state index contributed by atoms with van der Waals surface area (Å²) in [4.78, 5) is 0. The molecular weight excluding hydrogens is 306 g/mol. The van der Waals surface area contributed by atoms with E-state index in [1.165, 1.54) is 11.1 Å². The first-order chi connectivity index (χ1) is 9.17. The second-order valence-electron chi connectivity index (χ2n) is 4.86. The van der Waals surface area contributed by atoms with Crippen LogP contribution in [0.5, 0.6) is 5.75 Å². The summed E-state index contributed by atoms with van der Waals surface area (Å²) in [6, 6.07) is 10.3. The fourth-order valence-corrected chi connectivity index (χ4v) is 2.90. The van der Waals surface area contributed by atoms with E-state index in [-0.39, 0.29) is 12.1 Å². The number of benzene rings is 1. The summed E-state index contributed by atoms with van der Waals surface area (Å²) < 4.78 is 12.1. The Hall–Kier alpha value is -1.26. The molecule has 2 aromatic rings. The minimum Gasteiger partial charge on any atom is -0.490 e. The van der Waals surface area contributed by atoms with Crippen molar-refractivity contribution in [2.24, 2.45) is 0 Å². The zero-order valence-corrected chi connectivity index (χ0v) is 12.5. The molecule has 4 heteroatoms. The van der Waals surface area contributed by atoms with Gasteiger partial charge in [0.2, 0.25) is 0 Å². The van der Waals surface area contributed by atoms with E-state index in [1.54, 1.807) is 0 Å². The lowest BCUT2D eigenvalue weighted by Crippen LogP contribution is -2.17. The normalized spacial score (nSPS) is 19.0. The molecule has 1 aliphatic heterocycles. The summed E-state index contributed by atoms with van der Waals surface area (Å²) in [5.41, 5.74) is 2.47. The molecule has 19 heavy (non-hydrogen) atoms. The van der Waals surface area contributed by atoms with E-state index >= 15 is 0 Å². The average molecular weight is 322 g/mol. The summed E-state index contributed by atoms with van der Waals surface area (Å²) >= 11 is 3.35. The van der Waals surface area contributed by atoms with Crippen molar-refractivity contribution in [2.45, 2.75) is 25.5 Å². The Morgan fingerprint density at radius 1 is 1.32 bits per heavy atom. The molecule has 0 radical (unpaired) electrons. The minimum absolute atomic E-state index is 0.0625. The van der Waals surface area contributed by atoms with Crippen LogP contribution in [0.15, 0.2) is 39.4 Å². The third kappa shape index (κ3) is 2.42. The molecule has 2 unspecified atom stereocenters. The van der Waals surface area contributed by atoms with Crippen LogP contribution in [0.25, 0.3) is 0 Å². The summed E-state index contributed by atoms with van der Waals surface area (Å²) in [6.45, 7) is 2.10. The molecule has 100 valence electrons. The van der Waals surface area contributed by atoms with Crippen LogP contribution in [0.4, 0.5) is 0 Å². The van der Waals surface area contributed by atoms with E-state index in [0.717, 1.165) is 22.6 Å². The SMILES string of the molecule is CNC(c1ccc2c(c1)CC(C)O2)c1ccc(Br)o1. The third-order valence-corrected chi connectivity index (χ3v) is 3.85. The number of hydrogen-bond acceptors (Lipinski definition) is 3. The van der Waals surface area contributed by atoms with Gasteiger partial charge in [0, 0.05) is 6.42 Å². The van der Waals surface area contributed by atoms with Crippen LogP contribution >= 0.6 is 15.9 Å². The number of ether oxygens (including phenoxy) is 1. The molecule has 2 heterocycles. The zero-order chi connectivity index (χ0) is 13.4. The maximum absolute atomic E-state index is 5.73. The highest BCUT2D eigenvalue weighted by Gasteiger charge is 2.22. The van der Waals surface area contributed by atoms with E-state index in [0.29, 0.717) is 0 Å². The summed E-state index contributed by atoms with van der Waals surface area (Å²) in [6.07, 6.45) is 1.25. The van der Waals surface area contributed by atoms with Crippen molar-refractivity contribution in [3.63, 3.8) is 0 Å². The lowest BCUT2D eigenvalue weighted by Gasteiger charge is -2.15. The van der Waals surface area contributed by atoms with E-state index in [2.05, 4.69) is 46.4 Å². The summed E-state index contributed by atoms with van der Waals surface area (Å²) in [7, 11) is 1.94. The predicted octanol–water partition coefficient (Wildman–Crippen LogP) is 3.67. The fourth-order valence-electron chi connectivity index (χ4n) is 2.58. The Morgan fingerprint density at radius 3 is 2.84 bits per heavy atom. The Balaban J connectivity index is 1.95. The van der Waals surface area contributed by atoms with Gasteiger partial charge in [0.1, 0.15) is 17.6 Å². The molecular formula is C15H16BrNO2. The van der Waals surface area contributed by atoms with Gasteiger partial charge >= 0.3 is 0 Å². The van der Waals surface area contributed by atoms with E-state index in [1.807, 2.05) is 19.2 Å². The van der Waals surface area contributed by atoms with Crippen molar-refractivity contribution in [2.75, 3.05) is 7.05 Å². The second-order valence-corrected chi connectivity index (χ2v) is 5.64. The molecule has 3 rings (SSSR count). The monoisotopic (exact) mass is 321 g/mol. The number of hydrogen-bond donors (Lipinski definition) is 1. The fraction of sp³-hybridized carbons (Fsp3) is 0.333. The van der Waals surface area contributed by atoms with Crippen LogP contribution in [-0.4, -0.2) is 13.2 Å². The number of furan rings is 1. The van der Waals surface area contributed by atoms with Gasteiger partial charge in [0.15, 0.2) is 4.67 Å². The molecule has 2 atom stereocenters. The molecule has 1 aromatic heterocycles. The maximum Gasteiger partial charge on any atom is 0.169 e. The van der Waals surface area contributed by atoms with Crippen LogP contribution in [-0.2, 0) is 6.42 Å². The number of rotatable bonds is 3. The summed E-state index contributed by atoms with van der Waals surface area (Å²) in [5, 5.41) is 3.29. The van der Waals surface area contributed by atoms with Crippen LogP contribution in [0.3, 0.4) is 0 Å². The largest absolute Gasteiger partial charge is 0.490 e. The van der Waals surface area contributed by atoms with Crippen molar-refractivity contribution >= 4 is 15.9 Å². The van der Waals surface area contributed by atoms with Gasteiger partial charge in [-0.05, 0) is 65.3 Å². The Kier molecular flexibility index (Phi) is 3.37. The Labute approximate surface area is 121 Å². The Morgan fingerprint density at radius 2 is 2.16 bits per heavy atom. The molecule has 0 spiro atoms. The average Bonchev–Trinajstić information content (AvgIpc) is 2.95. The molecule has 0 saturated carbocycles. The first-order valence-electron chi connectivity index (χ1n) is 6.39. The molecule has 1 aromatic carbocycles. The van der Waals surface area contributed by atoms with Gasteiger partial charge in [-0.1, -0.05) is 6.07 Å². The lowest BCUT2D eigenvalue weighted by molar-refractivity contribution is 0.254. The van der Waals surface area contributed by atoms with Gasteiger partial charge in [-0.25, -0.2) is 0 Å². The number of nitrogens with one attached hydrogen (secondary N) is 1. The van der Waals surface area contributed by atoms with Gasteiger partial charge in [-0.2, -0.15) is 0 Å². The van der Waals surface area contributed by atoms with Crippen LogP contribution in [0.1, 0.15) is 29.9 Å². The van der Waals surface area contributed by atoms with Crippen LogP contribution < -0.4 is 10.1 Å². The van der Waals surface area contributed by atoms with Crippen molar-refractivity contribution in [3.05, 3.63) is 51.9 Å². The highest BCUT2D eigenvalue weighted by Crippen LogP contribution is 2.33. The highest BCUT2D eigenvalue weighted by atomic mass is 79.9. The second kappa shape index (κ2) is 5.02. The zero-order valence-electron chi connectivity index (χ0n) is 10.9. The van der Waals surface area contributed by atoms with Gasteiger partial charge in [0.25, 0.3) is 0 Å². The smallest absolute Gasteiger partial charge is 0.169 e. The quantitative estimate of drug-likeness (QED) is 0.936. The van der Waals surface area contributed by atoms with Crippen molar-refractivity contribution in [1.82, 2.24) is 5.32 Å².